The number of nitrogens with one attached hydrogen (secondary N) is 2. The Hall–Kier alpha value is -2.76. The van der Waals surface area contributed by atoms with Crippen molar-refractivity contribution in [3.8, 4) is 0 Å². The Kier molecular flexibility index (Phi) is 2.90. The molecule has 6 nitrogen and oxygen atoms in total. The van der Waals surface area contributed by atoms with E-state index < -0.39 is 5.76 Å². The van der Waals surface area contributed by atoms with Crippen molar-refractivity contribution in [3.05, 3.63) is 52.3 Å². The van der Waals surface area contributed by atoms with Crippen molar-refractivity contribution in [1.29, 1.82) is 0 Å². The minimum absolute atomic E-state index is 0.454. The molecule has 0 unspecified atom stereocenters. The number of aromatic nitrogens is 2. The largest absolute Gasteiger partial charge is 0.417 e. The van der Waals surface area contributed by atoms with Gasteiger partial charge in [0.15, 0.2) is 5.58 Å². The number of hydrogen-bond acceptors (Lipinski definition) is 5. The van der Waals surface area contributed by atoms with Crippen molar-refractivity contribution in [3.63, 3.8) is 0 Å². The third-order valence-electron chi connectivity index (χ3n) is 3.21. The number of oxazole rings is 1. The molecule has 0 atom stereocenters. The second-order valence-electron chi connectivity index (χ2n) is 4.61. The number of benzene rings is 1. The second-order valence-corrected chi connectivity index (χ2v) is 4.61. The fourth-order valence-corrected chi connectivity index (χ4v) is 2.04. The zero-order chi connectivity index (χ0) is 14.1. The Morgan fingerprint density at radius 2 is 2.30 bits per heavy atom. The highest BCUT2D eigenvalue weighted by Crippen LogP contribution is 2.25. The number of H-pyrrole nitrogens is 1. The van der Waals surface area contributed by atoms with Gasteiger partial charge in [0, 0.05) is 25.0 Å². The summed E-state index contributed by atoms with van der Waals surface area (Å²) in [5, 5.41) is 3.24. The molecule has 3 aromatic rings. The Balaban J connectivity index is 1.89. The van der Waals surface area contributed by atoms with Gasteiger partial charge in [-0.1, -0.05) is 0 Å². The van der Waals surface area contributed by atoms with Crippen molar-refractivity contribution in [1.82, 2.24) is 9.97 Å². The van der Waals surface area contributed by atoms with Crippen LogP contribution in [0.5, 0.6) is 0 Å². The number of nitrogens with two attached hydrogens (primary N) is 1. The second kappa shape index (κ2) is 4.73. The van der Waals surface area contributed by atoms with Crippen molar-refractivity contribution in [2.45, 2.75) is 13.5 Å². The number of aryl methyl sites for hydroxylation is 1. The molecular weight excluding hydrogens is 256 g/mol. The number of aromatic amines is 1. The van der Waals surface area contributed by atoms with Crippen LogP contribution in [-0.4, -0.2) is 9.97 Å². The maximum atomic E-state index is 11.1. The highest BCUT2D eigenvalue weighted by atomic mass is 16.4. The minimum Gasteiger partial charge on any atom is -0.408 e. The van der Waals surface area contributed by atoms with Crippen molar-refractivity contribution >= 4 is 22.5 Å². The molecule has 2 aromatic heterocycles. The summed E-state index contributed by atoms with van der Waals surface area (Å²) >= 11 is 0. The van der Waals surface area contributed by atoms with E-state index in [0.717, 1.165) is 16.8 Å². The maximum absolute atomic E-state index is 11.1. The predicted molar refractivity (Wildman–Crippen MR) is 77.5 cm³/mol. The monoisotopic (exact) mass is 270 g/mol. The lowest BCUT2D eigenvalue weighted by atomic mass is 10.1. The van der Waals surface area contributed by atoms with Crippen molar-refractivity contribution in [2.75, 3.05) is 11.1 Å². The predicted octanol–water partition coefficient (Wildman–Crippen LogP) is 2.02. The number of fused-ring (bicyclic) bond motifs is 1. The summed E-state index contributed by atoms with van der Waals surface area (Å²) in [7, 11) is 0. The fraction of sp³-hybridized carbons (Fsp3) is 0.143. The number of nitrogens with zero attached hydrogens (tertiary/aromatic N) is 1. The quantitative estimate of drug-likeness (QED) is 0.633. The molecule has 0 amide bonds. The number of rotatable bonds is 3. The summed E-state index contributed by atoms with van der Waals surface area (Å²) in [6.45, 7) is 2.64. The number of anilines is 2. The van der Waals surface area contributed by atoms with Gasteiger partial charge in [0.25, 0.3) is 0 Å². The van der Waals surface area contributed by atoms with Gasteiger partial charge in [-0.25, -0.2) is 4.79 Å². The van der Waals surface area contributed by atoms with Gasteiger partial charge in [0.1, 0.15) is 0 Å². The van der Waals surface area contributed by atoms with Crippen LogP contribution in [0.15, 0.2) is 39.8 Å². The van der Waals surface area contributed by atoms with E-state index >= 15 is 0 Å². The van der Waals surface area contributed by atoms with E-state index in [2.05, 4.69) is 15.3 Å². The van der Waals surface area contributed by atoms with E-state index in [0.29, 0.717) is 23.3 Å². The summed E-state index contributed by atoms with van der Waals surface area (Å²) in [5.74, 6) is -0.486. The van der Waals surface area contributed by atoms with Crippen LogP contribution in [0, 0.1) is 6.92 Å². The molecule has 0 radical (unpaired) electrons. The molecule has 20 heavy (non-hydrogen) atoms. The van der Waals surface area contributed by atoms with Gasteiger partial charge < -0.3 is 15.5 Å². The molecule has 0 spiro atoms. The number of hydrogen-bond donors (Lipinski definition) is 3. The molecule has 0 aliphatic rings. The lowest BCUT2D eigenvalue weighted by Crippen LogP contribution is -2.04. The highest BCUT2D eigenvalue weighted by molar-refractivity contribution is 5.85. The van der Waals surface area contributed by atoms with E-state index in [4.69, 9.17) is 10.2 Å². The molecule has 1 aromatic carbocycles. The minimum atomic E-state index is -0.486. The summed E-state index contributed by atoms with van der Waals surface area (Å²) in [5.41, 5.74) is 10.5. The standard InChI is InChI=1S/C14H14N4O2/c1-8-2-3-16-6-9(8)7-17-11-5-12-13(4-10(11)15)20-14(19)18-12/h2-6,17H,7,15H2,1H3,(H,18,19). The maximum Gasteiger partial charge on any atom is 0.417 e. The molecule has 2 heterocycles. The van der Waals surface area contributed by atoms with Crippen molar-refractivity contribution in [2.24, 2.45) is 0 Å². The molecule has 0 saturated carbocycles. The van der Waals surface area contributed by atoms with Gasteiger partial charge >= 0.3 is 5.76 Å². The third kappa shape index (κ3) is 2.23. The van der Waals surface area contributed by atoms with Gasteiger partial charge in [0.2, 0.25) is 0 Å². The first-order valence-corrected chi connectivity index (χ1v) is 6.19. The molecule has 0 fully saturated rings. The normalized spacial score (nSPS) is 10.8. The molecule has 0 aliphatic heterocycles. The molecule has 3 rings (SSSR count). The third-order valence-corrected chi connectivity index (χ3v) is 3.21. The van der Waals surface area contributed by atoms with E-state index in [9.17, 15) is 4.79 Å². The van der Waals surface area contributed by atoms with E-state index in [1.807, 2.05) is 19.2 Å². The lowest BCUT2D eigenvalue weighted by Gasteiger charge is -2.10. The van der Waals surface area contributed by atoms with Crippen LogP contribution in [0.1, 0.15) is 11.1 Å². The zero-order valence-electron chi connectivity index (χ0n) is 10.9. The van der Waals surface area contributed by atoms with Crippen LogP contribution < -0.4 is 16.8 Å². The van der Waals surface area contributed by atoms with Crippen LogP contribution in [0.4, 0.5) is 11.4 Å². The molecular formula is C14H14N4O2. The SMILES string of the molecule is Cc1ccncc1CNc1cc2[nH]c(=O)oc2cc1N. The Morgan fingerprint density at radius 1 is 1.45 bits per heavy atom. The topological polar surface area (TPSA) is 96.9 Å². The van der Waals surface area contributed by atoms with Gasteiger partial charge in [-0.05, 0) is 30.2 Å². The van der Waals surface area contributed by atoms with E-state index in [1.165, 1.54) is 0 Å². The Labute approximate surface area is 114 Å². The van der Waals surface area contributed by atoms with Gasteiger partial charge in [-0.15, -0.1) is 0 Å². The molecule has 102 valence electrons. The molecule has 4 N–H and O–H groups in total. The lowest BCUT2D eigenvalue weighted by molar-refractivity contribution is 0.555. The summed E-state index contributed by atoms with van der Waals surface area (Å²) < 4.78 is 4.96. The van der Waals surface area contributed by atoms with Gasteiger partial charge in [-0.2, -0.15) is 0 Å². The number of nitrogen functional groups attached to an aromatic ring is 1. The Bertz CT molecular complexity index is 819. The van der Waals surface area contributed by atoms with Crippen molar-refractivity contribution < 1.29 is 4.42 Å². The van der Waals surface area contributed by atoms with Crippen LogP contribution in [0.2, 0.25) is 0 Å². The van der Waals surface area contributed by atoms with Crippen LogP contribution >= 0.6 is 0 Å². The first-order valence-electron chi connectivity index (χ1n) is 6.19. The molecule has 0 saturated heterocycles. The summed E-state index contributed by atoms with van der Waals surface area (Å²) in [4.78, 5) is 17.8. The van der Waals surface area contributed by atoms with Crippen LogP contribution in [0.3, 0.4) is 0 Å². The van der Waals surface area contributed by atoms with Crippen LogP contribution in [-0.2, 0) is 6.54 Å². The molecule has 0 bridgehead atoms. The van der Waals surface area contributed by atoms with Gasteiger partial charge in [-0.3, -0.25) is 9.97 Å². The smallest absolute Gasteiger partial charge is 0.408 e. The summed E-state index contributed by atoms with van der Waals surface area (Å²) in [6.07, 6.45) is 3.58. The summed E-state index contributed by atoms with van der Waals surface area (Å²) in [6, 6.07) is 5.35. The Morgan fingerprint density at radius 3 is 3.10 bits per heavy atom. The highest BCUT2D eigenvalue weighted by Gasteiger charge is 2.07. The van der Waals surface area contributed by atoms with E-state index in [-0.39, 0.29) is 0 Å². The molecule has 0 aliphatic carbocycles. The number of pyridine rings is 1. The average Bonchev–Trinajstić information content (AvgIpc) is 2.76. The van der Waals surface area contributed by atoms with Crippen LogP contribution in [0.25, 0.3) is 11.1 Å². The van der Waals surface area contributed by atoms with E-state index in [1.54, 1.807) is 18.3 Å². The average molecular weight is 270 g/mol. The fourth-order valence-electron chi connectivity index (χ4n) is 2.04. The zero-order valence-corrected chi connectivity index (χ0v) is 10.9. The molecule has 6 heteroatoms. The first kappa shape index (κ1) is 12.3. The first-order chi connectivity index (χ1) is 9.63. The van der Waals surface area contributed by atoms with Gasteiger partial charge in [0.05, 0.1) is 16.9 Å².